The molecular weight excluding hydrogens is 192 g/mol. The molecule has 0 amide bonds. The summed E-state index contributed by atoms with van der Waals surface area (Å²) < 4.78 is 0. The Morgan fingerprint density at radius 2 is 1.75 bits per heavy atom. The minimum atomic E-state index is 0.235. The molecule has 10 radical (unpaired) electrons. The molecule has 0 aliphatic heterocycles. The summed E-state index contributed by atoms with van der Waals surface area (Å²) in [5, 5.41) is 0. The molecule has 84 valence electrons. The summed E-state index contributed by atoms with van der Waals surface area (Å²) in [5.74, 6) is 2.07. The summed E-state index contributed by atoms with van der Waals surface area (Å²) in [6.07, 6.45) is 22.2. The summed E-state index contributed by atoms with van der Waals surface area (Å²) in [6, 6.07) is 0. The molecule has 0 saturated heterocycles. The van der Waals surface area contributed by atoms with Gasteiger partial charge in [-0.3, -0.25) is 0 Å². The predicted molar refractivity (Wildman–Crippen MR) is 68.4 cm³/mol. The Morgan fingerprint density at radius 1 is 1.00 bits per heavy atom. The molecule has 0 heterocycles. The number of rotatable bonds is 2. The minimum absolute atomic E-state index is 0.235. The van der Waals surface area contributed by atoms with Crippen molar-refractivity contribution in [2.24, 2.45) is 11.3 Å². The Balaban J connectivity index is 1.95. The fraction of sp³-hybridized carbons (Fsp3) is 0.375. The van der Waals surface area contributed by atoms with Crippen LogP contribution >= 0.6 is 0 Å². The Labute approximate surface area is 102 Å². The molecule has 0 bridgehead atoms. The standard InChI is InChI=1S/C16H20/c1-16(2,15-12-8-9-13-15)14-10-6-4-3-5-7-11-14/h3-6,8-10,12-14H,7,11H2,1-2H3. The first-order valence-electron chi connectivity index (χ1n) is 6.10. The van der Waals surface area contributed by atoms with Crippen LogP contribution in [0.4, 0.5) is 0 Å². The lowest BCUT2D eigenvalue weighted by Crippen LogP contribution is -2.31. The van der Waals surface area contributed by atoms with Crippen molar-refractivity contribution < 1.29 is 0 Å². The molecular formula is C16H20. The van der Waals surface area contributed by atoms with Gasteiger partial charge in [0.2, 0.25) is 0 Å². The third kappa shape index (κ3) is 2.81. The molecule has 2 fully saturated rings. The summed E-state index contributed by atoms with van der Waals surface area (Å²) >= 11 is 0. The molecule has 16 heavy (non-hydrogen) atoms. The van der Waals surface area contributed by atoms with Gasteiger partial charge >= 0.3 is 0 Å². The van der Waals surface area contributed by atoms with E-state index < -0.39 is 0 Å². The molecule has 2 aliphatic carbocycles. The van der Waals surface area contributed by atoms with E-state index in [9.17, 15) is 0 Å². The largest absolute Gasteiger partial charge is 0.0591 e. The summed E-state index contributed by atoms with van der Waals surface area (Å²) in [4.78, 5) is 0. The fourth-order valence-corrected chi connectivity index (χ4v) is 2.43. The Hall–Kier alpha value is 0. The zero-order valence-corrected chi connectivity index (χ0v) is 10.2. The van der Waals surface area contributed by atoms with Gasteiger partial charge < -0.3 is 0 Å². The molecule has 1 unspecified atom stereocenters. The van der Waals surface area contributed by atoms with E-state index in [0.29, 0.717) is 5.92 Å². The third-order valence-corrected chi connectivity index (χ3v) is 3.68. The molecule has 0 spiro atoms. The number of hydrogen-bond donors (Lipinski definition) is 0. The smallest absolute Gasteiger partial charge is 0.0108 e. The maximum absolute atomic E-state index is 2.36. The lowest BCUT2D eigenvalue weighted by Gasteiger charge is -2.40. The van der Waals surface area contributed by atoms with Crippen LogP contribution in [0.15, 0.2) is 0 Å². The molecule has 0 aromatic carbocycles. The SMILES string of the molecule is CC(C)([C]1[CH][CH][CH][CH]1)C1[CH][CH][CH][CH][CH]CC1. The van der Waals surface area contributed by atoms with Crippen LogP contribution in [0, 0.1) is 75.0 Å². The molecule has 0 nitrogen and oxygen atoms in total. The van der Waals surface area contributed by atoms with Gasteiger partial charge in [-0.05, 0) is 87.9 Å². The van der Waals surface area contributed by atoms with Crippen LogP contribution in [-0.4, -0.2) is 0 Å². The second-order valence-corrected chi connectivity index (χ2v) is 5.08. The lowest BCUT2D eigenvalue weighted by molar-refractivity contribution is 0.262. The third-order valence-electron chi connectivity index (χ3n) is 3.68. The Bertz CT molecular complexity index is 190. The average Bonchev–Trinajstić information content (AvgIpc) is 2.68. The van der Waals surface area contributed by atoms with E-state index in [-0.39, 0.29) is 5.41 Å². The van der Waals surface area contributed by atoms with Gasteiger partial charge in [0.1, 0.15) is 0 Å². The maximum atomic E-state index is 2.36. The highest BCUT2D eigenvalue weighted by molar-refractivity contribution is 5.40. The highest BCUT2D eigenvalue weighted by atomic mass is 14.4. The summed E-state index contributed by atoms with van der Waals surface area (Å²) in [7, 11) is 0. The fourth-order valence-electron chi connectivity index (χ4n) is 2.43. The van der Waals surface area contributed by atoms with E-state index in [4.69, 9.17) is 0 Å². The van der Waals surface area contributed by atoms with Gasteiger partial charge in [-0.25, -0.2) is 0 Å². The van der Waals surface area contributed by atoms with Gasteiger partial charge in [-0.2, -0.15) is 0 Å². The van der Waals surface area contributed by atoms with Crippen molar-refractivity contribution in [1.29, 1.82) is 0 Å². The van der Waals surface area contributed by atoms with Crippen LogP contribution < -0.4 is 0 Å². The van der Waals surface area contributed by atoms with Gasteiger partial charge in [0.15, 0.2) is 0 Å². The van der Waals surface area contributed by atoms with Crippen LogP contribution in [0.3, 0.4) is 0 Å². The van der Waals surface area contributed by atoms with Crippen molar-refractivity contribution in [3.63, 3.8) is 0 Å². The maximum Gasteiger partial charge on any atom is -0.0108 e. The predicted octanol–water partition coefficient (Wildman–Crippen LogP) is 3.85. The average molecular weight is 212 g/mol. The van der Waals surface area contributed by atoms with E-state index in [1.165, 1.54) is 18.8 Å². The topological polar surface area (TPSA) is 0 Å². The zero-order chi connectivity index (χ0) is 11.4. The molecule has 2 rings (SSSR count). The van der Waals surface area contributed by atoms with E-state index in [1.54, 1.807) is 0 Å². The van der Waals surface area contributed by atoms with Crippen molar-refractivity contribution in [2.45, 2.75) is 26.7 Å². The van der Waals surface area contributed by atoms with E-state index in [2.05, 4.69) is 71.6 Å². The molecule has 2 saturated carbocycles. The first-order valence-corrected chi connectivity index (χ1v) is 6.10. The van der Waals surface area contributed by atoms with Crippen LogP contribution in [0.25, 0.3) is 0 Å². The second kappa shape index (κ2) is 5.56. The van der Waals surface area contributed by atoms with Crippen molar-refractivity contribution in [3.05, 3.63) is 63.7 Å². The van der Waals surface area contributed by atoms with Crippen molar-refractivity contribution in [1.82, 2.24) is 0 Å². The van der Waals surface area contributed by atoms with Crippen LogP contribution in [0.2, 0.25) is 0 Å². The Morgan fingerprint density at radius 3 is 2.50 bits per heavy atom. The monoisotopic (exact) mass is 212 g/mol. The quantitative estimate of drug-likeness (QED) is 0.652. The van der Waals surface area contributed by atoms with E-state index in [1.807, 2.05) is 0 Å². The normalized spacial score (nSPS) is 26.6. The van der Waals surface area contributed by atoms with Crippen LogP contribution in [0.1, 0.15) is 26.7 Å². The Kier molecular flexibility index (Phi) is 4.33. The highest BCUT2D eigenvalue weighted by Gasteiger charge is 2.39. The molecule has 0 heteroatoms. The van der Waals surface area contributed by atoms with Crippen molar-refractivity contribution in [2.75, 3.05) is 0 Å². The molecule has 0 N–H and O–H groups in total. The van der Waals surface area contributed by atoms with Gasteiger partial charge in [0.25, 0.3) is 0 Å². The van der Waals surface area contributed by atoms with Crippen molar-refractivity contribution >= 4 is 0 Å². The summed E-state index contributed by atoms with van der Waals surface area (Å²) in [5.41, 5.74) is 0.235. The molecule has 1 atom stereocenters. The first kappa shape index (κ1) is 12.5. The molecule has 0 aromatic heterocycles. The van der Waals surface area contributed by atoms with Gasteiger partial charge in [0.05, 0.1) is 0 Å². The summed E-state index contributed by atoms with van der Waals surface area (Å²) in [6.45, 7) is 4.70. The minimum Gasteiger partial charge on any atom is -0.0591 e. The van der Waals surface area contributed by atoms with Crippen molar-refractivity contribution in [3.8, 4) is 0 Å². The molecule has 0 aromatic rings. The van der Waals surface area contributed by atoms with Crippen LogP contribution in [0.5, 0.6) is 0 Å². The van der Waals surface area contributed by atoms with E-state index in [0.717, 1.165) is 0 Å². The molecule has 2 aliphatic rings. The van der Waals surface area contributed by atoms with Crippen LogP contribution in [-0.2, 0) is 0 Å². The lowest BCUT2D eigenvalue weighted by atomic mass is 9.65. The number of hydrogen-bond acceptors (Lipinski definition) is 0. The van der Waals surface area contributed by atoms with E-state index >= 15 is 0 Å². The van der Waals surface area contributed by atoms with Gasteiger partial charge in [0, 0.05) is 0 Å². The zero-order valence-electron chi connectivity index (χ0n) is 10.2. The highest BCUT2D eigenvalue weighted by Crippen LogP contribution is 2.47. The second-order valence-electron chi connectivity index (χ2n) is 5.08. The first-order chi connectivity index (χ1) is 7.71. The van der Waals surface area contributed by atoms with Gasteiger partial charge in [-0.15, -0.1) is 0 Å². The van der Waals surface area contributed by atoms with Gasteiger partial charge in [-0.1, -0.05) is 13.8 Å².